The van der Waals surface area contributed by atoms with Crippen LogP contribution in [0.5, 0.6) is 0 Å². The molecule has 0 saturated heterocycles. The molecule has 0 aliphatic heterocycles. The molecule has 88 valence electrons. The molecule has 1 aliphatic rings. The van der Waals surface area contributed by atoms with E-state index in [0.717, 1.165) is 5.57 Å². The van der Waals surface area contributed by atoms with Gasteiger partial charge in [-0.3, -0.25) is 14.4 Å². The summed E-state index contributed by atoms with van der Waals surface area (Å²) in [5, 5.41) is 0. The van der Waals surface area contributed by atoms with Gasteiger partial charge in [0, 0.05) is 0 Å². The van der Waals surface area contributed by atoms with Crippen LogP contribution in [0.4, 0.5) is 0 Å². The van der Waals surface area contributed by atoms with E-state index in [0.29, 0.717) is 0 Å². The Morgan fingerprint density at radius 3 is 1.94 bits per heavy atom. The Morgan fingerprint density at radius 1 is 1.29 bits per heavy atom. The smallest absolute Gasteiger partial charge is 0.281 e. The first kappa shape index (κ1) is 20.8. The monoisotopic (exact) mass is 272 g/mol. The average Bonchev–Trinajstić information content (AvgIpc) is 2.77. The summed E-state index contributed by atoms with van der Waals surface area (Å²) < 4.78 is -0.602. The Labute approximate surface area is 109 Å². The van der Waals surface area contributed by atoms with Gasteiger partial charge in [-0.1, -0.05) is 0 Å². The molecule has 0 spiro atoms. The van der Waals surface area contributed by atoms with Crippen molar-refractivity contribution in [1.82, 2.24) is 0 Å². The predicted molar refractivity (Wildman–Crippen MR) is 57.9 cm³/mol. The Bertz CT molecular complexity index is 305. The molecule has 1 aliphatic carbocycles. The Morgan fingerprint density at radius 2 is 1.71 bits per heavy atom. The summed E-state index contributed by atoms with van der Waals surface area (Å²) in [5.74, 6) is -0.0139. The molecule has 1 atom stereocenters. The number of ketones is 1. The summed E-state index contributed by atoms with van der Waals surface area (Å²) >= 11 is 3.36. The molecular formula is C12H9MnO4. The van der Waals surface area contributed by atoms with Crippen molar-refractivity contribution in [3.05, 3.63) is 36.5 Å². The largest absolute Gasteiger partial charge is 0.281 e. The molecule has 0 amide bonds. The van der Waals surface area contributed by atoms with Crippen molar-refractivity contribution in [2.45, 2.75) is 11.2 Å². The van der Waals surface area contributed by atoms with Gasteiger partial charge in [0.1, 0.15) is 0 Å². The SMILES string of the molecule is C=CC(=O)[C]1([Mn])C=CC=C1C.[C]=O.[C]=O.[C]=O. The zero-order valence-electron chi connectivity index (χ0n) is 9.03. The van der Waals surface area contributed by atoms with Crippen molar-refractivity contribution in [2.75, 3.05) is 0 Å². The normalized spacial score (nSPS) is 19.1. The predicted octanol–water partition coefficient (Wildman–Crippen LogP) is 0.772. The molecule has 0 heterocycles. The van der Waals surface area contributed by atoms with E-state index >= 15 is 0 Å². The van der Waals surface area contributed by atoms with Crippen LogP contribution in [0.2, 0.25) is 4.31 Å². The average molecular weight is 272 g/mol. The first-order valence-corrected chi connectivity index (χ1v) is 4.54. The minimum Gasteiger partial charge on any atom is -0.281 e. The third-order valence-electron chi connectivity index (χ3n) is 1.79. The molecule has 1 unspecified atom stereocenters. The maximum Gasteiger partial charge on any atom is 0.281 e. The van der Waals surface area contributed by atoms with E-state index in [-0.39, 0.29) is 5.78 Å². The zero-order valence-corrected chi connectivity index (χ0v) is 10.2. The molecule has 1 rings (SSSR count). The minimum atomic E-state index is -0.602. The third kappa shape index (κ3) is 5.90. The van der Waals surface area contributed by atoms with Crippen LogP contribution < -0.4 is 0 Å². The maximum atomic E-state index is 11.3. The van der Waals surface area contributed by atoms with Gasteiger partial charge in [0.15, 0.2) is 0 Å². The van der Waals surface area contributed by atoms with Crippen molar-refractivity contribution < 1.29 is 35.2 Å². The van der Waals surface area contributed by atoms with Crippen LogP contribution in [0.1, 0.15) is 6.92 Å². The second-order valence-electron chi connectivity index (χ2n) is 2.49. The summed E-state index contributed by atoms with van der Waals surface area (Å²) in [6, 6.07) is 0. The second-order valence-corrected chi connectivity index (χ2v) is 3.42. The summed E-state index contributed by atoms with van der Waals surface area (Å²) in [5.41, 5.74) is 1.00. The van der Waals surface area contributed by atoms with Gasteiger partial charge in [0.2, 0.25) is 0 Å². The summed E-state index contributed by atoms with van der Waals surface area (Å²) in [7, 11) is 0. The standard InChI is InChI=1S/C9H9O.3CO.Mn/c1-3-9(10)8-6-4-5-7(8)2;3*1-2;/h3-6H,1H2,2H3;;;;. The molecule has 0 fully saturated rings. The Kier molecular flexibility index (Phi) is 15.3. The van der Waals surface area contributed by atoms with Crippen molar-refractivity contribution in [1.29, 1.82) is 0 Å². The third-order valence-corrected chi connectivity index (χ3v) is 2.74. The van der Waals surface area contributed by atoms with Gasteiger partial charge in [0.25, 0.3) is 20.4 Å². The summed E-state index contributed by atoms with van der Waals surface area (Å²) in [4.78, 5) is 33.8. The molecule has 0 aromatic carbocycles. The zero-order chi connectivity index (χ0) is 14.5. The molecule has 4 nitrogen and oxygen atoms in total. The van der Waals surface area contributed by atoms with Gasteiger partial charge < -0.3 is 0 Å². The van der Waals surface area contributed by atoms with E-state index in [1.54, 1.807) is 0 Å². The molecule has 0 aromatic rings. The fourth-order valence-electron chi connectivity index (χ4n) is 1.00. The summed E-state index contributed by atoms with van der Waals surface area (Å²) in [6.07, 6.45) is 6.94. The molecule has 0 saturated carbocycles. The molecule has 6 radical (unpaired) electrons. The summed E-state index contributed by atoms with van der Waals surface area (Å²) in [6.45, 7) is 18.9. The van der Waals surface area contributed by atoms with E-state index in [9.17, 15) is 4.79 Å². The van der Waals surface area contributed by atoms with E-state index in [4.69, 9.17) is 14.4 Å². The number of carbonyl (C=O) groups is 1. The molecule has 0 bridgehead atoms. The van der Waals surface area contributed by atoms with Gasteiger partial charge in [-0.15, -0.1) is 0 Å². The van der Waals surface area contributed by atoms with Crippen LogP contribution >= 0.6 is 0 Å². The van der Waals surface area contributed by atoms with Gasteiger partial charge in [0.05, 0.1) is 0 Å². The van der Waals surface area contributed by atoms with Crippen LogP contribution in [0.15, 0.2) is 36.5 Å². The fraction of sp³-hybridized carbons (Fsp3) is 0.167. The van der Waals surface area contributed by atoms with Crippen molar-refractivity contribution >= 4 is 26.2 Å². The van der Waals surface area contributed by atoms with Gasteiger partial charge in [-0.05, 0) is 0 Å². The van der Waals surface area contributed by atoms with Crippen molar-refractivity contribution in [3.8, 4) is 0 Å². The molecular weight excluding hydrogens is 263 g/mol. The molecule has 17 heavy (non-hydrogen) atoms. The molecule has 0 N–H and O–H groups in total. The first-order valence-electron chi connectivity index (χ1n) is 3.95. The fourth-order valence-corrected chi connectivity index (χ4v) is 1.34. The van der Waals surface area contributed by atoms with Crippen LogP contribution in [0.25, 0.3) is 0 Å². The number of hydrogen-bond acceptors (Lipinski definition) is 4. The van der Waals surface area contributed by atoms with Gasteiger partial charge in [-0.2, -0.15) is 0 Å². The second kappa shape index (κ2) is 12.5. The minimum absolute atomic E-state index is 0.0139. The van der Waals surface area contributed by atoms with Crippen LogP contribution in [0.3, 0.4) is 0 Å². The van der Waals surface area contributed by atoms with Crippen LogP contribution in [-0.4, -0.2) is 26.2 Å². The topological polar surface area (TPSA) is 68.3 Å². The number of allylic oxidation sites excluding steroid dienone is 5. The quantitative estimate of drug-likeness (QED) is 0.550. The Balaban J connectivity index is -0.000000285. The van der Waals surface area contributed by atoms with Crippen molar-refractivity contribution in [3.63, 3.8) is 0 Å². The van der Waals surface area contributed by atoms with Crippen molar-refractivity contribution in [2.24, 2.45) is 0 Å². The molecule has 0 aromatic heterocycles. The first-order chi connectivity index (χ1) is 8.11. The number of hydrogen-bond donors (Lipinski definition) is 0. The maximum absolute atomic E-state index is 11.3. The molecule has 5 heteroatoms. The van der Waals surface area contributed by atoms with E-state index in [1.165, 1.54) is 6.08 Å². The van der Waals surface area contributed by atoms with Gasteiger partial charge in [-0.25, -0.2) is 0 Å². The Hall–Kier alpha value is -1.58. The van der Waals surface area contributed by atoms with Gasteiger partial charge >= 0.3 is 74.3 Å². The van der Waals surface area contributed by atoms with Crippen LogP contribution in [-0.2, 0) is 35.2 Å². The number of rotatable bonds is 2. The van der Waals surface area contributed by atoms with E-state index in [2.05, 4.69) is 43.0 Å². The van der Waals surface area contributed by atoms with E-state index in [1.807, 2.05) is 25.2 Å². The van der Waals surface area contributed by atoms with Crippen LogP contribution in [0, 0.1) is 0 Å². The number of carbonyl (C=O) groups excluding carboxylic acids is 4. The van der Waals surface area contributed by atoms with E-state index < -0.39 is 4.31 Å².